The van der Waals surface area contributed by atoms with Crippen molar-refractivity contribution in [3.05, 3.63) is 90.1 Å². The van der Waals surface area contributed by atoms with Crippen molar-refractivity contribution in [2.45, 2.75) is 52.2 Å². The summed E-state index contributed by atoms with van der Waals surface area (Å²) in [5.41, 5.74) is 5.93. The van der Waals surface area contributed by atoms with Crippen molar-refractivity contribution in [1.82, 2.24) is 14.5 Å². The third kappa shape index (κ3) is 6.08. The molecule has 3 heterocycles. The average molecular weight is 538 g/mol. The zero-order chi connectivity index (χ0) is 27.1. The fourth-order valence-corrected chi connectivity index (χ4v) is 5.83. The van der Waals surface area contributed by atoms with E-state index in [0.717, 1.165) is 93.7 Å². The number of imidazole rings is 1. The SMILES string of the molecule is CCCCn1c(-c2ccccc2)nc(-c2ccccc2)c1CN(Cc1ccc2c(c1)OCO2)CC1CCOCC1. The largest absolute Gasteiger partial charge is 0.454 e. The van der Waals surface area contributed by atoms with Crippen LogP contribution in [0.2, 0.25) is 0 Å². The summed E-state index contributed by atoms with van der Waals surface area (Å²) in [6, 6.07) is 27.7. The van der Waals surface area contributed by atoms with Gasteiger partial charge in [-0.25, -0.2) is 4.98 Å². The number of hydrogen-bond donors (Lipinski definition) is 0. The van der Waals surface area contributed by atoms with Gasteiger partial charge < -0.3 is 18.8 Å². The molecular formula is C34H39N3O3. The van der Waals surface area contributed by atoms with Crippen LogP contribution in [0.15, 0.2) is 78.9 Å². The lowest BCUT2D eigenvalue weighted by molar-refractivity contribution is 0.0498. The zero-order valence-electron chi connectivity index (χ0n) is 23.4. The van der Waals surface area contributed by atoms with Gasteiger partial charge in [0.1, 0.15) is 5.82 Å². The summed E-state index contributed by atoms with van der Waals surface area (Å²) in [4.78, 5) is 7.94. The Morgan fingerprint density at radius 3 is 2.33 bits per heavy atom. The van der Waals surface area contributed by atoms with Crippen LogP contribution in [0.4, 0.5) is 0 Å². The van der Waals surface area contributed by atoms with Crippen LogP contribution in [0, 0.1) is 5.92 Å². The molecule has 6 heteroatoms. The number of nitrogens with zero attached hydrogens (tertiary/aromatic N) is 3. The molecule has 0 N–H and O–H groups in total. The normalized spacial score (nSPS) is 15.2. The summed E-state index contributed by atoms with van der Waals surface area (Å²) < 4.78 is 19.5. The third-order valence-corrected chi connectivity index (χ3v) is 7.96. The fraction of sp³-hybridized carbons (Fsp3) is 0.382. The monoisotopic (exact) mass is 537 g/mol. The molecular weight excluding hydrogens is 498 g/mol. The van der Waals surface area contributed by atoms with Gasteiger partial charge in [-0.05, 0) is 42.9 Å². The summed E-state index contributed by atoms with van der Waals surface area (Å²) >= 11 is 0. The minimum Gasteiger partial charge on any atom is -0.454 e. The molecule has 0 radical (unpaired) electrons. The number of unbranched alkanes of at least 4 members (excludes halogenated alkanes) is 1. The van der Waals surface area contributed by atoms with Crippen molar-refractivity contribution in [3.63, 3.8) is 0 Å². The van der Waals surface area contributed by atoms with Crippen LogP contribution in [0.3, 0.4) is 0 Å². The van der Waals surface area contributed by atoms with E-state index in [4.69, 9.17) is 19.2 Å². The van der Waals surface area contributed by atoms with E-state index in [0.29, 0.717) is 12.7 Å². The first-order valence-corrected chi connectivity index (χ1v) is 14.7. The van der Waals surface area contributed by atoms with Crippen molar-refractivity contribution in [2.24, 2.45) is 5.92 Å². The molecule has 0 unspecified atom stereocenters. The smallest absolute Gasteiger partial charge is 0.231 e. The van der Waals surface area contributed by atoms with E-state index >= 15 is 0 Å². The number of benzene rings is 3. The molecule has 1 fully saturated rings. The van der Waals surface area contributed by atoms with Gasteiger partial charge >= 0.3 is 0 Å². The van der Waals surface area contributed by atoms with E-state index in [9.17, 15) is 0 Å². The van der Waals surface area contributed by atoms with Crippen LogP contribution in [0.5, 0.6) is 11.5 Å². The molecule has 2 aliphatic heterocycles. The van der Waals surface area contributed by atoms with E-state index in [-0.39, 0.29) is 0 Å². The summed E-state index contributed by atoms with van der Waals surface area (Å²) in [7, 11) is 0. The van der Waals surface area contributed by atoms with E-state index in [2.05, 4.69) is 89.2 Å². The molecule has 4 aromatic rings. The summed E-state index contributed by atoms with van der Waals surface area (Å²) in [5.74, 6) is 3.34. The Labute approximate surface area is 237 Å². The van der Waals surface area contributed by atoms with Gasteiger partial charge in [0, 0.05) is 50.5 Å². The van der Waals surface area contributed by atoms with Crippen LogP contribution in [-0.4, -0.2) is 41.0 Å². The lowest BCUT2D eigenvalue weighted by atomic mass is 9.99. The quantitative estimate of drug-likeness (QED) is 0.203. The first kappa shape index (κ1) is 26.6. The number of rotatable bonds is 11. The number of ether oxygens (including phenoxy) is 3. The van der Waals surface area contributed by atoms with Crippen molar-refractivity contribution in [3.8, 4) is 34.1 Å². The number of aromatic nitrogens is 2. The van der Waals surface area contributed by atoms with Gasteiger partial charge in [-0.2, -0.15) is 0 Å². The lowest BCUT2D eigenvalue weighted by Crippen LogP contribution is -2.32. The lowest BCUT2D eigenvalue weighted by Gasteiger charge is -2.30. The van der Waals surface area contributed by atoms with Crippen LogP contribution in [0.25, 0.3) is 22.6 Å². The standard InChI is InChI=1S/C34H39N3O3/c1-2-3-18-37-30(33(28-10-6-4-7-11-28)35-34(37)29-12-8-5-9-13-29)24-36(22-26-16-19-38-20-17-26)23-27-14-15-31-32(21-27)40-25-39-31/h4-15,21,26H,2-3,16-20,22-25H2,1H3. The van der Waals surface area contributed by atoms with Crippen molar-refractivity contribution in [1.29, 1.82) is 0 Å². The van der Waals surface area contributed by atoms with Gasteiger partial charge in [0.2, 0.25) is 6.79 Å². The highest BCUT2D eigenvalue weighted by Gasteiger charge is 2.25. The minimum atomic E-state index is 0.296. The van der Waals surface area contributed by atoms with Crippen LogP contribution in [0.1, 0.15) is 43.9 Å². The summed E-state index contributed by atoms with van der Waals surface area (Å²) in [5, 5.41) is 0. The van der Waals surface area contributed by atoms with Gasteiger partial charge in [-0.1, -0.05) is 80.1 Å². The van der Waals surface area contributed by atoms with Gasteiger partial charge in [-0.3, -0.25) is 4.90 Å². The Kier molecular flexibility index (Phi) is 8.45. The topological polar surface area (TPSA) is 48.8 Å². The molecule has 2 aliphatic rings. The molecule has 3 aromatic carbocycles. The Balaban J connectivity index is 1.40. The number of hydrogen-bond acceptors (Lipinski definition) is 5. The van der Waals surface area contributed by atoms with Crippen molar-refractivity contribution in [2.75, 3.05) is 26.6 Å². The molecule has 0 bridgehead atoms. The van der Waals surface area contributed by atoms with Gasteiger partial charge in [0.15, 0.2) is 11.5 Å². The minimum absolute atomic E-state index is 0.296. The van der Waals surface area contributed by atoms with E-state index in [1.807, 2.05) is 6.07 Å². The number of fused-ring (bicyclic) bond motifs is 1. The Morgan fingerprint density at radius 1 is 0.850 bits per heavy atom. The first-order chi connectivity index (χ1) is 19.8. The summed E-state index contributed by atoms with van der Waals surface area (Å²) in [6.45, 7) is 7.88. The first-order valence-electron chi connectivity index (χ1n) is 14.7. The zero-order valence-corrected chi connectivity index (χ0v) is 23.4. The van der Waals surface area contributed by atoms with Crippen LogP contribution < -0.4 is 9.47 Å². The van der Waals surface area contributed by atoms with Crippen molar-refractivity contribution < 1.29 is 14.2 Å². The Morgan fingerprint density at radius 2 is 1.57 bits per heavy atom. The molecule has 0 saturated carbocycles. The van der Waals surface area contributed by atoms with Gasteiger partial charge in [-0.15, -0.1) is 0 Å². The van der Waals surface area contributed by atoms with E-state index < -0.39 is 0 Å². The van der Waals surface area contributed by atoms with E-state index in [1.54, 1.807) is 0 Å². The Bertz CT molecular complexity index is 1380. The van der Waals surface area contributed by atoms with Crippen molar-refractivity contribution >= 4 is 0 Å². The maximum absolute atomic E-state index is 5.71. The molecule has 0 atom stereocenters. The van der Waals surface area contributed by atoms with E-state index in [1.165, 1.54) is 16.8 Å². The fourth-order valence-electron chi connectivity index (χ4n) is 5.83. The molecule has 40 heavy (non-hydrogen) atoms. The molecule has 0 aliphatic carbocycles. The molecule has 0 spiro atoms. The highest BCUT2D eigenvalue weighted by Crippen LogP contribution is 2.35. The average Bonchev–Trinajstić information content (AvgIpc) is 3.62. The molecule has 6 rings (SSSR count). The molecule has 1 saturated heterocycles. The molecule has 1 aromatic heterocycles. The second-order valence-corrected chi connectivity index (χ2v) is 10.9. The summed E-state index contributed by atoms with van der Waals surface area (Å²) in [6.07, 6.45) is 4.45. The predicted molar refractivity (Wildman–Crippen MR) is 158 cm³/mol. The second kappa shape index (κ2) is 12.7. The highest BCUT2D eigenvalue weighted by molar-refractivity contribution is 5.68. The highest BCUT2D eigenvalue weighted by atomic mass is 16.7. The van der Waals surface area contributed by atoms with Gasteiger partial charge in [0.05, 0.1) is 11.4 Å². The molecule has 6 nitrogen and oxygen atoms in total. The van der Waals surface area contributed by atoms with Crippen LogP contribution >= 0.6 is 0 Å². The second-order valence-electron chi connectivity index (χ2n) is 10.9. The molecule has 208 valence electrons. The maximum atomic E-state index is 5.71. The third-order valence-electron chi connectivity index (χ3n) is 7.96. The van der Waals surface area contributed by atoms with Gasteiger partial charge in [0.25, 0.3) is 0 Å². The van der Waals surface area contributed by atoms with Crippen LogP contribution in [-0.2, 0) is 24.4 Å². The maximum Gasteiger partial charge on any atom is 0.231 e. The molecule has 0 amide bonds. The predicted octanol–water partition coefficient (Wildman–Crippen LogP) is 7.17. The Hall–Kier alpha value is -3.61.